The minimum atomic E-state index is -0.272. The second-order valence-electron chi connectivity index (χ2n) is 4.02. The van der Waals surface area contributed by atoms with Crippen LogP contribution in [0, 0.1) is 0 Å². The number of ether oxygens (including phenoxy) is 1. The highest BCUT2D eigenvalue weighted by Crippen LogP contribution is 2.16. The van der Waals surface area contributed by atoms with Crippen molar-refractivity contribution in [3.05, 3.63) is 29.0 Å². The molecule has 0 bridgehead atoms. The Hall–Kier alpha value is -1.89. The van der Waals surface area contributed by atoms with Gasteiger partial charge in [0.25, 0.3) is 0 Å². The molecule has 0 saturated carbocycles. The van der Waals surface area contributed by atoms with Crippen molar-refractivity contribution in [2.75, 3.05) is 19.0 Å². The number of thiazole rings is 1. The summed E-state index contributed by atoms with van der Waals surface area (Å²) in [5, 5.41) is 10.0. The lowest BCUT2D eigenvalue weighted by molar-refractivity contribution is -0.139. The summed E-state index contributed by atoms with van der Waals surface area (Å²) in [7, 11) is 3.30. The van der Waals surface area contributed by atoms with E-state index in [2.05, 4.69) is 20.1 Å². The highest BCUT2D eigenvalue weighted by molar-refractivity contribution is 7.13. The van der Waals surface area contributed by atoms with E-state index < -0.39 is 0 Å². The molecular weight excluding hydrogens is 264 g/mol. The zero-order valence-electron chi connectivity index (χ0n) is 10.9. The van der Waals surface area contributed by atoms with Gasteiger partial charge in [0.05, 0.1) is 19.2 Å². The molecule has 0 atom stereocenters. The third-order valence-corrected chi connectivity index (χ3v) is 3.53. The first kappa shape index (κ1) is 13.5. The average Bonchev–Trinajstić information content (AvgIpc) is 3.00. The number of methoxy groups -OCH3 is 1. The summed E-state index contributed by atoms with van der Waals surface area (Å²) < 4.78 is 6.46. The van der Waals surface area contributed by atoms with Gasteiger partial charge in [0.15, 0.2) is 5.13 Å². The lowest BCUT2D eigenvalue weighted by Crippen LogP contribution is -2.08. The maximum absolute atomic E-state index is 11.1. The molecule has 0 aliphatic heterocycles. The zero-order valence-corrected chi connectivity index (χ0v) is 11.7. The van der Waals surface area contributed by atoms with Gasteiger partial charge in [-0.1, -0.05) is 0 Å². The molecule has 0 aromatic carbocycles. The first-order chi connectivity index (χ1) is 9.19. The van der Waals surface area contributed by atoms with E-state index in [1.54, 1.807) is 6.20 Å². The van der Waals surface area contributed by atoms with Crippen LogP contribution in [0.4, 0.5) is 5.13 Å². The average molecular weight is 280 g/mol. The molecule has 0 aliphatic rings. The maximum Gasteiger partial charge on any atom is 0.311 e. The zero-order chi connectivity index (χ0) is 13.7. The molecule has 0 aliphatic carbocycles. The number of aromatic nitrogens is 3. The number of hydrogen-bond acceptors (Lipinski definition) is 6. The van der Waals surface area contributed by atoms with Crippen molar-refractivity contribution in [3.63, 3.8) is 0 Å². The van der Waals surface area contributed by atoms with Crippen molar-refractivity contribution < 1.29 is 9.53 Å². The van der Waals surface area contributed by atoms with E-state index >= 15 is 0 Å². The Morgan fingerprint density at radius 2 is 2.42 bits per heavy atom. The van der Waals surface area contributed by atoms with Crippen LogP contribution in [0.5, 0.6) is 0 Å². The standard InChI is InChI=1S/C12H16N4O2S/c1-16-10(4-6-14-16)3-5-13-12-15-9(8-19-12)7-11(17)18-2/h4,6,8H,3,5,7H2,1-2H3,(H,13,15). The van der Waals surface area contributed by atoms with Gasteiger partial charge in [-0.3, -0.25) is 9.48 Å². The molecule has 19 heavy (non-hydrogen) atoms. The molecule has 7 heteroatoms. The summed E-state index contributed by atoms with van der Waals surface area (Å²) in [6.07, 6.45) is 2.88. The predicted molar refractivity (Wildman–Crippen MR) is 73.2 cm³/mol. The third-order valence-electron chi connectivity index (χ3n) is 2.68. The largest absolute Gasteiger partial charge is 0.469 e. The van der Waals surface area contributed by atoms with Crippen LogP contribution in [-0.2, 0) is 29.4 Å². The first-order valence-electron chi connectivity index (χ1n) is 5.91. The topological polar surface area (TPSA) is 69.0 Å². The number of hydrogen-bond donors (Lipinski definition) is 1. The fraction of sp³-hybridized carbons (Fsp3) is 0.417. The Labute approximate surface area is 115 Å². The number of anilines is 1. The van der Waals surface area contributed by atoms with E-state index in [0.717, 1.165) is 23.8 Å². The fourth-order valence-corrected chi connectivity index (χ4v) is 2.37. The monoisotopic (exact) mass is 280 g/mol. The number of esters is 1. The van der Waals surface area contributed by atoms with Gasteiger partial charge in [0, 0.05) is 37.3 Å². The van der Waals surface area contributed by atoms with Crippen LogP contribution >= 0.6 is 11.3 Å². The van der Waals surface area contributed by atoms with Gasteiger partial charge in [0.2, 0.25) is 0 Å². The number of aryl methyl sites for hydroxylation is 1. The van der Waals surface area contributed by atoms with Crippen LogP contribution in [-0.4, -0.2) is 34.4 Å². The van der Waals surface area contributed by atoms with Crippen LogP contribution in [0.1, 0.15) is 11.4 Å². The van der Waals surface area contributed by atoms with E-state index in [9.17, 15) is 4.79 Å². The fourth-order valence-electron chi connectivity index (χ4n) is 1.63. The second-order valence-corrected chi connectivity index (χ2v) is 4.88. The molecular formula is C12H16N4O2S. The van der Waals surface area contributed by atoms with Gasteiger partial charge in [0.1, 0.15) is 0 Å². The minimum absolute atomic E-state index is 0.219. The molecule has 0 spiro atoms. The van der Waals surface area contributed by atoms with Crippen LogP contribution in [0.25, 0.3) is 0 Å². The Morgan fingerprint density at radius 3 is 3.11 bits per heavy atom. The molecule has 2 aromatic rings. The lowest BCUT2D eigenvalue weighted by Gasteiger charge is -2.03. The van der Waals surface area contributed by atoms with E-state index in [1.807, 2.05) is 23.2 Å². The molecule has 1 N–H and O–H groups in total. The van der Waals surface area contributed by atoms with E-state index in [1.165, 1.54) is 24.1 Å². The molecule has 0 radical (unpaired) electrons. The van der Waals surface area contributed by atoms with Crippen molar-refractivity contribution >= 4 is 22.4 Å². The molecule has 2 rings (SSSR count). The lowest BCUT2D eigenvalue weighted by atomic mass is 10.3. The van der Waals surface area contributed by atoms with E-state index in [-0.39, 0.29) is 12.4 Å². The minimum Gasteiger partial charge on any atom is -0.469 e. The molecule has 2 aromatic heterocycles. The van der Waals surface area contributed by atoms with Crippen molar-refractivity contribution in [1.82, 2.24) is 14.8 Å². The molecule has 2 heterocycles. The van der Waals surface area contributed by atoms with Crippen LogP contribution < -0.4 is 5.32 Å². The van der Waals surface area contributed by atoms with Crippen LogP contribution in [0.2, 0.25) is 0 Å². The molecule has 0 amide bonds. The highest BCUT2D eigenvalue weighted by Gasteiger charge is 2.07. The number of carbonyl (C=O) groups excluding carboxylic acids is 1. The summed E-state index contributed by atoms with van der Waals surface area (Å²) in [5.41, 5.74) is 1.90. The molecule has 0 unspecified atom stereocenters. The normalized spacial score (nSPS) is 10.4. The third kappa shape index (κ3) is 3.78. The van der Waals surface area contributed by atoms with Gasteiger partial charge in [-0.25, -0.2) is 4.98 Å². The van der Waals surface area contributed by atoms with Gasteiger partial charge in [-0.15, -0.1) is 11.3 Å². The Kier molecular flexibility index (Phi) is 4.51. The summed E-state index contributed by atoms with van der Waals surface area (Å²) in [4.78, 5) is 15.4. The number of rotatable bonds is 6. The number of nitrogens with zero attached hydrogens (tertiary/aromatic N) is 3. The SMILES string of the molecule is COC(=O)Cc1csc(NCCc2ccnn2C)n1. The van der Waals surface area contributed by atoms with Crippen LogP contribution in [0.3, 0.4) is 0 Å². The number of nitrogens with one attached hydrogen (secondary N) is 1. The van der Waals surface area contributed by atoms with Crippen molar-refractivity contribution in [1.29, 1.82) is 0 Å². The van der Waals surface area contributed by atoms with Gasteiger partial charge in [-0.2, -0.15) is 5.10 Å². The summed E-state index contributed by atoms with van der Waals surface area (Å²) in [6, 6.07) is 1.99. The van der Waals surface area contributed by atoms with Gasteiger partial charge >= 0.3 is 5.97 Å². The quantitative estimate of drug-likeness (QED) is 0.806. The second kappa shape index (κ2) is 6.33. The van der Waals surface area contributed by atoms with Crippen molar-refractivity contribution in [2.24, 2.45) is 7.05 Å². The van der Waals surface area contributed by atoms with Crippen molar-refractivity contribution in [3.8, 4) is 0 Å². The Bertz CT molecular complexity index is 549. The summed E-state index contributed by atoms with van der Waals surface area (Å²) >= 11 is 1.49. The molecule has 102 valence electrons. The number of carbonyl (C=O) groups is 1. The predicted octanol–water partition coefficient (Wildman–Crippen LogP) is 1.25. The molecule has 0 fully saturated rings. The van der Waals surface area contributed by atoms with Gasteiger partial charge in [-0.05, 0) is 6.07 Å². The smallest absolute Gasteiger partial charge is 0.311 e. The van der Waals surface area contributed by atoms with Crippen molar-refractivity contribution in [2.45, 2.75) is 12.8 Å². The van der Waals surface area contributed by atoms with E-state index in [0.29, 0.717) is 0 Å². The molecule has 0 saturated heterocycles. The molecule has 6 nitrogen and oxygen atoms in total. The van der Waals surface area contributed by atoms with E-state index in [4.69, 9.17) is 0 Å². The summed E-state index contributed by atoms with van der Waals surface area (Å²) in [6.45, 7) is 0.782. The Balaban J connectivity index is 1.80. The summed E-state index contributed by atoms with van der Waals surface area (Å²) in [5.74, 6) is -0.272. The van der Waals surface area contributed by atoms with Gasteiger partial charge < -0.3 is 10.1 Å². The Morgan fingerprint density at radius 1 is 1.58 bits per heavy atom. The highest BCUT2D eigenvalue weighted by atomic mass is 32.1. The maximum atomic E-state index is 11.1. The first-order valence-corrected chi connectivity index (χ1v) is 6.79. The van der Waals surface area contributed by atoms with Crippen LogP contribution in [0.15, 0.2) is 17.6 Å².